The van der Waals surface area contributed by atoms with Gasteiger partial charge in [-0.15, -0.1) is 0 Å². The average Bonchev–Trinajstić information content (AvgIpc) is 3.17. The summed E-state index contributed by atoms with van der Waals surface area (Å²) in [7, 11) is 1.61. The first kappa shape index (κ1) is 18.7. The van der Waals surface area contributed by atoms with E-state index in [0.29, 0.717) is 36.1 Å². The average molecular weight is 366 g/mol. The van der Waals surface area contributed by atoms with Crippen LogP contribution in [0.5, 0.6) is 5.75 Å². The molecule has 1 aromatic heterocycles. The number of aryl methyl sites for hydroxylation is 1. The zero-order chi connectivity index (χ0) is 19.1. The minimum atomic E-state index is -0.295. The second-order valence-electron chi connectivity index (χ2n) is 5.95. The summed E-state index contributed by atoms with van der Waals surface area (Å²) in [4.78, 5) is 12.4. The quantitative estimate of drug-likeness (QED) is 0.605. The summed E-state index contributed by atoms with van der Waals surface area (Å²) in [6.45, 7) is 3.01. The number of amides is 1. The molecule has 0 spiro atoms. The molecule has 2 aromatic carbocycles. The first-order chi connectivity index (χ1) is 13.2. The summed E-state index contributed by atoms with van der Waals surface area (Å²) < 4.78 is 15.7. The van der Waals surface area contributed by atoms with E-state index in [9.17, 15) is 4.79 Å². The molecular formula is C21H22N2O4. The highest BCUT2D eigenvalue weighted by Crippen LogP contribution is 2.23. The number of hydrogen-bond donors (Lipinski definition) is 1. The second-order valence-corrected chi connectivity index (χ2v) is 5.95. The highest BCUT2D eigenvalue weighted by molar-refractivity contribution is 6.03. The fourth-order valence-corrected chi connectivity index (χ4v) is 2.54. The number of nitrogens with one attached hydrogen (secondary N) is 1. The molecule has 0 fully saturated rings. The Morgan fingerprint density at radius 1 is 1.11 bits per heavy atom. The number of hydrogen-bond acceptors (Lipinski definition) is 5. The third-order valence-electron chi connectivity index (χ3n) is 4.06. The molecule has 27 heavy (non-hydrogen) atoms. The molecule has 0 aliphatic heterocycles. The first-order valence-electron chi connectivity index (χ1n) is 8.78. The molecule has 1 heterocycles. The minimum Gasteiger partial charge on any atom is -0.491 e. The van der Waals surface area contributed by atoms with Gasteiger partial charge in [-0.1, -0.05) is 42.4 Å². The van der Waals surface area contributed by atoms with Crippen LogP contribution < -0.4 is 10.1 Å². The molecule has 0 aliphatic carbocycles. The molecule has 0 saturated heterocycles. The van der Waals surface area contributed by atoms with Gasteiger partial charge in [-0.25, -0.2) is 0 Å². The molecule has 0 bridgehead atoms. The maximum absolute atomic E-state index is 12.4. The predicted molar refractivity (Wildman–Crippen MR) is 103 cm³/mol. The smallest absolute Gasteiger partial charge is 0.258 e. The fourth-order valence-electron chi connectivity index (χ4n) is 2.54. The zero-order valence-electron chi connectivity index (χ0n) is 15.4. The van der Waals surface area contributed by atoms with Gasteiger partial charge in [0.25, 0.3) is 5.91 Å². The highest BCUT2D eigenvalue weighted by Gasteiger charge is 2.12. The van der Waals surface area contributed by atoms with E-state index < -0.39 is 0 Å². The molecule has 0 aliphatic rings. The number of rotatable bonds is 8. The lowest BCUT2D eigenvalue weighted by molar-refractivity contribution is 0.102. The van der Waals surface area contributed by atoms with Gasteiger partial charge in [0, 0.05) is 24.3 Å². The molecule has 1 amide bonds. The van der Waals surface area contributed by atoms with Crippen molar-refractivity contribution in [3.05, 3.63) is 65.7 Å². The molecule has 0 atom stereocenters. The Morgan fingerprint density at radius 2 is 1.93 bits per heavy atom. The number of benzene rings is 2. The van der Waals surface area contributed by atoms with Crippen molar-refractivity contribution in [2.45, 2.75) is 13.3 Å². The van der Waals surface area contributed by atoms with E-state index in [1.54, 1.807) is 37.4 Å². The van der Waals surface area contributed by atoms with Crippen molar-refractivity contribution in [3.63, 3.8) is 0 Å². The number of anilines is 1. The summed E-state index contributed by atoms with van der Waals surface area (Å²) >= 11 is 0. The van der Waals surface area contributed by atoms with Crippen LogP contribution in [0.3, 0.4) is 0 Å². The number of nitrogens with zero attached hydrogens (tertiary/aromatic N) is 1. The van der Waals surface area contributed by atoms with E-state index in [4.69, 9.17) is 14.0 Å². The van der Waals surface area contributed by atoms with E-state index >= 15 is 0 Å². The van der Waals surface area contributed by atoms with Gasteiger partial charge in [0.2, 0.25) is 5.88 Å². The van der Waals surface area contributed by atoms with Crippen molar-refractivity contribution in [2.75, 3.05) is 25.6 Å². The third-order valence-corrected chi connectivity index (χ3v) is 4.06. The van der Waals surface area contributed by atoms with Crippen LogP contribution in [0.4, 0.5) is 5.88 Å². The van der Waals surface area contributed by atoms with Crippen molar-refractivity contribution in [1.82, 2.24) is 5.16 Å². The first-order valence-corrected chi connectivity index (χ1v) is 8.78. The van der Waals surface area contributed by atoms with Gasteiger partial charge < -0.3 is 14.0 Å². The Kier molecular flexibility index (Phi) is 6.22. The normalized spacial score (nSPS) is 10.6. The van der Waals surface area contributed by atoms with Crippen LogP contribution in [0.2, 0.25) is 0 Å². The van der Waals surface area contributed by atoms with Gasteiger partial charge in [0.1, 0.15) is 18.1 Å². The van der Waals surface area contributed by atoms with E-state index in [2.05, 4.69) is 29.5 Å². The molecule has 3 aromatic rings. The number of carbonyl (C=O) groups excluding carboxylic acids is 1. The van der Waals surface area contributed by atoms with Gasteiger partial charge in [0.15, 0.2) is 0 Å². The van der Waals surface area contributed by atoms with Crippen LogP contribution in [0, 0.1) is 0 Å². The zero-order valence-corrected chi connectivity index (χ0v) is 15.4. The standard InChI is InChI=1S/C21H22N2O4/c1-3-15-7-9-16(10-8-15)19-14-20(27-23-19)22-21(24)17-5-4-6-18(13-17)26-12-11-25-2/h4-10,13-14H,3,11-12H2,1-2H3,(H,22,24). The van der Waals surface area contributed by atoms with E-state index in [1.165, 1.54) is 5.56 Å². The van der Waals surface area contributed by atoms with Crippen LogP contribution in [0.1, 0.15) is 22.8 Å². The maximum atomic E-state index is 12.4. The number of aromatic nitrogens is 1. The molecule has 0 saturated carbocycles. The van der Waals surface area contributed by atoms with Gasteiger partial charge in [0.05, 0.1) is 6.61 Å². The van der Waals surface area contributed by atoms with Crippen molar-refractivity contribution < 1.29 is 18.8 Å². The van der Waals surface area contributed by atoms with Crippen molar-refractivity contribution in [3.8, 4) is 17.0 Å². The van der Waals surface area contributed by atoms with E-state index in [1.807, 2.05) is 12.1 Å². The van der Waals surface area contributed by atoms with Crippen molar-refractivity contribution >= 4 is 11.8 Å². The van der Waals surface area contributed by atoms with Crippen LogP contribution in [0.25, 0.3) is 11.3 Å². The Bertz CT molecular complexity index is 887. The lowest BCUT2D eigenvalue weighted by Crippen LogP contribution is -2.12. The molecule has 140 valence electrons. The summed E-state index contributed by atoms with van der Waals surface area (Å²) in [5.41, 5.74) is 3.33. The van der Waals surface area contributed by atoms with Crippen LogP contribution in [0.15, 0.2) is 59.1 Å². The van der Waals surface area contributed by atoms with Crippen LogP contribution in [-0.2, 0) is 11.2 Å². The Balaban J connectivity index is 1.66. The minimum absolute atomic E-state index is 0.292. The summed E-state index contributed by atoms with van der Waals surface area (Å²) in [6.07, 6.45) is 0.981. The summed E-state index contributed by atoms with van der Waals surface area (Å²) in [5, 5.41) is 6.74. The molecule has 1 N–H and O–H groups in total. The SMILES string of the molecule is CCc1ccc(-c2cc(NC(=O)c3cccc(OCCOC)c3)on2)cc1. The Labute approximate surface area is 158 Å². The van der Waals surface area contributed by atoms with Gasteiger partial charge in [-0.2, -0.15) is 0 Å². The number of carbonyl (C=O) groups is 1. The molecule has 6 heteroatoms. The van der Waals surface area contributed by atoms with Crippen molar-refractivity contribution in [2.24, 2.45) is 0 Å². The van der Waals surface area contributed by atoms with E-state index in [0.717, 1.165) is 12.0 Å². The fraction of sp³-hybridized carbons (Fsp3) is 0.238. The number of methoxy groups -OCH3 is 1. The Hall–Kier alpha value is -3.12. The maximum Gasteiger partial charge on any atom is 0.258 e. The van der Waals surface area contributed by atoms with Crippen molar-refractivity contribution in [1.29, 1.82) is 0 Å². The molecule has 3 rings (SSSR count). The van der Waals surface area contributed by atoms with Gasteiger partial charge in [-0.3, -0.25) is 10.1 Å². The molecular weight excluding hydrogens is 344 g/mol. The lowest BCUT2D eigenvalue weighted by Gasteiger charge is -2.07. The van der Waals surface area contributed by atoms with Gasteiger partial charge >= 0.3 is 0 Å². The topological polar surface area (TPSA) is 73.6 Å². The van der Waals surface area contributed by atoms with Gasteiger partial charge in [-0.05, 0) is 30.2 Å². The lowest BCUT2D eigenvalue weighted by atomic mass is 10.1. The number of ether oxygens (including phenoxy) is 2. The van der Waals surface area contributed by atoms with Crippen LogP contribution >= 0.6 is 0 Å². The van der Waals surface area contributed by atoms with Crippen LogP contribution in [-0.4, -0.2) is 31.4 Å². The summed E-state index contributed by atoms with van der Waals surface area (Å²) in [5.74, 6) is 0.602. The summed E-state index contributed by atoms with van der Waals surface area (Å²) in [6, 6.07) is 16.7. The predicted octanol–water partition coefficient (Wildman–Crippen LogP) is 4.18. The Morgan fingerprint density at radius 3 is 2.67 bits per heavy atom. The monoisotopic (exact) mass is 366 g/mol. The third kappa shape index (κ3) is 4.95. The highest BCUT2D eigenvalue weighted by atomic mass is 16.5. The second kappa shape index (κ2) is 9.00. The van der Waals surface area contributed by atoms with E-state index in [-0.39, 0.29) is 5.91 Å². The molecule has 0 unspecified atom stereocenters. The molecule has 0 radical (unpaired) electrons. The molecule has 6 nitrogen and oxygen atoms in total. The largest absolute Gasteiger partial charge is 0.491 e.